The van der Waals surface area contributed by atoms with Crippen LogP contribution in [0.1, 0.15) is 46.2 Å². The Kier molecular flexibility index (Phi) is 7.04. The molecule has 13 heteroatoms. The second-order valence-electron chi connectivity index (χ2n) is 7.16. The minimum Gasteiger partial charge on any atom is -0.554 e. The summed E-state index contributed by atoms with van der Waals surface area (Å²) in [4.78, 5) is 41.0. The van der Waals surface area contributed by atoms with Crippen molar-refractivity contribution in [2.45, 2.75) is 40.4 Å². The minimum absolute atomic E-state index is 0.0131. The fourth-order valence-electron chi connectivity index (χ4n) is 3.80. The summed E-state index contributed by atoms with van der Waals surface area (Å²) < 4.78 is 4.03. The van der Waals surface area contributed by atoms with Crippen molar-refractivity contribution in [1.82, 2.24) is 30.0 Å². The second-order valence-corrected chi connectivity index (χ2v) is 7.16. The number of nitrogen functional groups attached to an aromatic ring is 1. The highest BCUT2D eigenvalue weighted by atomic mass is 16.4. The lowest BCUT2D eigenvalue weighted by Crippen LogP contribution is -2.40. The summed E-state index contributed by atoms with van der Waals surface area (Å²) in [5, 5.41) is 27.2. The molecule has 0 aliphatic rings. The smallest absolute Gasteiger partial charge is 0.335 e. The van der Waals surface area contributed by atoms with Crippen molar-refractivity contribution in [3.8, 4) is 0 Å². The average molecular weight is 468 g/mol. The van der Waals surface area contributed by atoms with Crippen LogP contribution in [-0.4, -0.2) is 48.2 Å². The number of nitrogens with zero attached hydrogens (tertiary/aromatic N) is 5. The van der Waals surface area contributed by atoms with Gasteiger partial charge in [-0.05, 0) is 32.9 Å². The van der Waals surface area contributed by atoms with E-state index in [1.807, 2.05) is 23.0 Å². The molecule has 4 rings (SSSR count). The Labute approximate surface area is 193 Å². The van der Waals surface area contributed by atoms with Crippen molar-refractivity contribution >= 4 is 46.4 Å². The Hall–Kier alpha value is -4.55. The summed E-state index contributed by atoms with van der Waals surface area (Å²) in [5.41, 5.74) is 9.42. The third-order valence-electron chi connectivity index (χ3n) is 5.28. The van der Waals surface area contributed by atoms with Crippen LogP contribution < -0.4 is 20.7 Å². The Morgan fingerprint density at radius 3 is 2.65 bits per heavy atom. The highest BCUT2D eigenvalue weighted by Gasteiger charge is 2.25. The normalized spacial score (nSPS) is 10.7. The van der Waals surface area contributed by atoms with Gasteiger partial charge in [0.1, 0.15) is 12.1 Å². The van der Waals surface area contributed by atoms with Gasteiger partial charge in [-0.15, -0.1) is 0 Å². The number of aromatic amines is 1. The third kappa shape index (κ3) is 4.35. The van der Waals surface area contributed by atoms with E-state index in [1.165, 1.54) is 0 Å². The number of anilines is 1. The Balaban J connectivity index is 0.00000103. The Bertz CT molecular complexity index is 1390. The molecule has 0 saturated carbocycles. The van der Waals surface area contributed by atoms with Gasteiger partial charge < -0.3 is 26.1 Å². The van der Waals surface area contributed by atoms with Gasteiger partial charge in [-0.1, -0.05) is 0 Å². The first-order chi connectivity index (χ1) is 16.3. The molecular formula is C21H24N8O5. The van der Waals surface area contributed by atoms with Crippen LogP contribution in [0.2, 0.25) is 0 Å². The number of aromatic nitrogens is 6. The monoisotopic (exact) mass is 468 g/mol. The van der Waals surface area contributed by atoms with Gasteiger partial charge in [0.15, 0.2) is 28.2 Å². The fraction of sp³-hybridized carbons (Fsp3) is 0.286. The van der Waals surface area contributed by atoms with Crippen molar-refractivity contribution in [3.63, 3.8) is 0 Å². The molecule has 0 radical (unpaired) electrons. The number of carboxylic acids is 1. The van der Waals surface area contributed by atoms with Gasteiger partial charge in [-0.3, -0.25) is 9.89 Å². The number of nitrogens with two attached hydrogens (primary N) is 1. The van der Waals surface area contributed by atoms with E-state index in [4.69, 9.17) is 15.6 Å². The highest BCUT2D eigenvalue weighted by Crippen LogP contribution is 2.18. The third-order valence-corrected chi connectivity index (χ3v) is 5.28. The minimum atomic E-state index is -0.984. The number of aromatic carboxylic acids is 1. The molecule has 1 amide bonds. The lowest BCUT2D eigenvalue weighted by Gasteiger charge is -2.07. The van der Waals surface area contributed by atoms with E-state index in [0.29, 0.717) is 29.9 Å². The molecule has 3 heterocycles. The average Bonchev–Trinajstić information content (AvgIpc) is 3.32. The maximum absolute atomic E-state index is 12.9. The maximum atomic E-state index is 12.9. The number of hydrogen-bond donors (Lipinski definition) is 4. The number of amides is 1. The van der Waals surface area contributed by atoms with Crippen molar-refractivity contribution in [2.75, 3.05) is 5.73 Å². The molecule has 5 N–H and O–H groups in total. The van der Waals surface area contributed by atoms with Crippen LogP contribution in [0.4, 0.5) is 5.82 Å². The summed E-state index contributed by atoms with van der Waals surface area (Å²) in [6.45, 7) is 6.71. The first-order valence-corrected chi connectivity index (χ1v) is 10.4. The number of hydrogen-bond acceptors (Lipinski definition) is 8. The van der Waals surface area contributed by atoms with E-state index < -0.39 is 18.3 Å². The number of benzene rings is 1. The van der Waals surface area contributed by atoms with Crippen LogP contribution in [0.15, 0.2) is 18.2 Å². The molecule has 0 aliphatic carbocycles. The van der Waals surface area contributed by atoms with E-state index >= 15 is 0 Å². The summed E-state index contributed by atoms with van der Waals surface area (Å²) >= 11 is 0. The number of rotatable bonds is 6. The number of nitrogens with one attached hydrogen (secondary N) is 2. The number of carbonyl (C=O) groups excluding carboxylic acids is 2. The molecule has 0 unspecified atom stereocenters. The van der Waals surface area contributed by atoms with Gasteiger partial charge in [-0.2, -0.15) is 5.10 Å². The van der Waals surface area contributed by atoms with Crippen LogP contribution in [0, 0.1) is 6.92 Å². The molecular weight excluding hydrogens is 444 g/mol. The lowest BCUT2D eigenvalue weighted by atomic mass is 10.2. The van der Waals surface area contributed by atoms with Gasteiger partial charge in [0, 0.05) is 12.5 Å². The molecule has 0 bridgehead atoms. The Morgan fingerprint density at radius 1 is 1.32 bits per heavy atom. The number of imidazole rings is 1. The standard InChI is InChI=1S/C20H22N8O3.CH2O2/c1-4-27-12-7-6-11(20(30)31)8-13(12)28(5-2)14(27)9-22-19(29)16-17(21)24-18-15(23-16)10(3)25-26-18;2-1-3/h6-8H,4-5,9H2,1-3H3,(H4-,21,22,23,24,25,26,29,30,31);1H,(H,2,3). The van der Waals surface area contributed by atoms with Crippen LogP contribution in [0.25, 0.3) is 22.2 Å². The van der Waals surface area contributed by atoms with E-state index in [9.17, 15) is 14.7 Å². The number of fused-ring (bicyclic) bond motifs is 2. The predicted molar refractivity (Wildman–Crippen MR) is 119 cm³/mol. The number of carboxylic acid groups (broad SMARTS) is 2. The number of carbonyl (C=O) groups is 3. The number of H-pyrrole nitrogens is 1. The van der Waals surface area contributed by atoms with Gasteiger partial charge in [0.2, 0.25) is 0 Å². The van der Waals surface area contributed by atoms with Crippen LogP contribution >= 0.6 is 0 Å². The number of aryl methyl sites for hydroxylation is 3. The first kappa shape index (κ1) is 24.1. The summed E-state index contributed by atoms with van der Waals surface area (Å²) in [5.74, 6) is -0.584. The quantitative estimate of drug-likeness (QED) is 0.213. The van der Waals surface area contributed by atoms with Crippen molar-refractivity contribution in [1.29, 1.82) is 0 Å². The van der Waals surface area contributed by atoms with E-state index in [-0.39, 0.29) is 23.6 Å². The zero-order chi connectivity index (χ0) is 25.0. The largest absolute Gasteiger partial charge is 0.554 e. The molecule has 178 valence electrons. The van der Waals surface area contributed by atoms with E-state index in [0.717, 1.165) is 16.9 Å². The molecule has 0 spiro atoms. The Morgan fingerprint density at radius 2 is 2.03 bits per heavy atom. The van der Waals surface area contributed by atoms with Crippen molar-refractivity contribution < 1.29 is 29.2 Å². The van der Waals surface area contributed by atoms with Crippen LogP contribution in [0.5, 0.6) is 0 Å². The highest BCUT2D eigenvalue weighted by molar-refractivity contribution is 5.98. The fourth-order valence-corrected chi connectivity index (χ4v) is 3.80. The summed E-state index contributed by atoms with van der Waals surface area (Å²) in [7, 11) is 0. The SMILES string of the molecule is CCn1c(CNC(=O)c2nc3c(C)n[nH]c3nc2N)[n+](CC)c2ccc(C(=O)O)cc21.O=C[O-]. The molecule has 0 fully saturated rings. The van der Waals surface area contributed by atoms with Gasteiger partial charge in [0.05, 0.1) is 24.3 Å². The second kappa shape index (κ2) is 9.94. The predicted octanol–water partition coefficient (Wildman–Crippen LogP) is -0.480. The van der Waals surface area contributed by atoms with Crippen LogP contribution in [-0.2, 0) is 24.4 Å². The molecule has 0 aliphatic heterocycles. The molecule has 34 heavy (non-hydrogen) atoms. The zero-order valence-electron chi connectivity index (χ0n) is 18.8. The van der Waals surface area contributed by atoms with Crippen LogP contribution in [0.3, 0.4) is 0 Å². The summed E-state index contributed by atoms with van der Waals surface area (Å²) in [6, 6.07) is 5.02. The molecule has 13 nitrogen and oxygen atoms in total. The van der Waals surface area contributed by atoms with Gasteiger partial charge in [0.25, 0.3) is 11.7 Å². The molecule has 3 aromatic heterocycles. The van der Waals surface area contributed by atoms with Gasteiger partial charge >= 0.3 is 5.97 Å². The summed E-state index contributed by atoms with van der Waals surface area (Å²) in [6.07, 6.45) is 0. The topological polar surface area (TPSA) is 196 Å². The molecule has 0 saturated heterocycles. The molecule has 0 atom stereocenters. The van der Waals surface area contributed by atoms with E-state index in [2.05, 4.69) is 25.5 Å². The zero-order valence-corrected chi connectivity index (χ0v) is 18.8. The first-order valence-electron chi connectivity index (χ1n) is 10.4. The molecule has 4 aromatic rings. The molecule has 1 aromatic carbocycles. The van der Waals surface area contributed by atoms with Crippen molar-refractivity contribution in [3.05, 3.63) is 41.0 Å². The lowest BCUT2D eigenvalue weighted by molar-refractivity contribution is -0.676. The van der Waals surface area contributed by atoms with Gasteiger partial charge in [-0.25, -0.2) is 23.9 Å². The van der Waals surface area contributed by atoms with E-state index in [1.54, 1.807) is 25.1 Å². The van der Waals surface area contributed by atoms with Crippen molar-refractivity contribution in [2.24, 2.45) is 0 Å². The maximum Gasteiger partial charge on any atom is 0.335 e.